The van der Waals surface area contributed by atoms with Gasteiger partial charge < -0.3 is 9.31 Å². The van der Waals surface area contributed by atoms with Crippen LogP contribution in [0.2, 0.25) is 0 Å². The summed E-state index contributed by atoms with van der Waals surface area (Å²) in [6.07, 6.45) is 6.67. The van der Waals surface area contributed by atoms with E-state index in [0.717, 1.165) is 5.46 Å². The molecule has 5 nitrogen and oxygen atoms in total. The first-order valence-electron chi connectivity index (χ1n) is 7.61. The van der Waals surface area contributed by atoms with Crippen LogP contribution in [0.1, 0.15) is 53.0 Å². The normalized spacial score (nSPS) is 24.8. The third-order valence-electron chi connectivity index (χ3n) is 4.95. The van der Waals surface area contributed by atoms with Crippen molar-refractivity contribution < 1.29 is 9.31 Å². The summed E-state index contributed by atoms with van der Waals surface area (Å²) in [5.74, 6) is 0.593. The maximum atomic E-state index is 8.99. The van der Waals surface area contributed by atoms with E-state index in [0.29, 0.717) is 12.3 Å². The van der Waals surface area contributed by atoms with Gasteiger partial charge in [0.1, 0.15) is 0 Å². The topological polar surface area (TPSA) is 60.1 Å². The fourth-order valence-electron chi connectivity index (χ4n) is 2.69. The molecular weight excluding hydrogens is 265 g/mol. The van der Waals surface area contributed by atoms with E-state index in [1.165, 1.54) is 12.8 Å². The van der Waals surface area contributed by atoms with Crippen LogP contribution in [0.5, 0.6) is 0 Å². The molecule has 3 rings (SSSR count). The van der Waals surface area contributed by atoms with Gasteiger partial charge in [0.05, 0.1) is 29.7 Å². The van der Waals surface area contributed by atoms with Crippen LogP contribution in [0.15, 0.2) is 12.4 Å². The van der Waals surface area contributed by atoms with Gasteiger partial charge in [0, 0.05) is 17.9 Å². The Kier molecular flexibility index (Phi) is 3.38. The van der Waals surface area contributed by atoms with E-state index in [2.05, 4.69) is 11.2 Å². The Morgan fingerprint density at radius 1 is 1.38 bits per heavy atom. The minimum absolute atomic E-state index is 0.186. The molecule has 1 aromatic rings. The van der Waals surface area contributed by atoms with Gasteiger partial charge >= 0.3 is 7.12 Å². The van der Waals surface area contributed by atoms with E-state index in [4.69, 9.17) is 14.6 Å². The number of nitriles is 1. The largest absolute Gasteiger partial charge is 0.498 e. The molecular formula is C15H22BN3O2. The predicted octanol–water partition coefficient (Wildman–Crippen LogP) is 2.05. The second-order valence-corrected chi connectivity index (χ2v) is 7.11. The highest BCUT2D eigenvalue weighted by atomic mass is 16.7. The lowest BCUT2D eigenvalue weighted by atomic mass is 9.82. The van der Waals surface area contributed by atoms with E-state index in [1.807, 2.05) is 38.6 Å². The van der Waals surface area contributed by atoms with E-state index >= 15 is 0 Å². The quantitative estimate of drug-likeness (QED) is 0.795. The predicted molar refractivity (Wildman–Crippen MR) is 79.9 cm³/mol. The smallest absolute Gasteiger partial charge is 0.399 e. The van der Waals surface area contributed by atoms with E-state index in [9.17, 15) is 0 Å². The van der Waals surface area contributed by atoms with Crippen LogP contribution in [-0.2, 0) is 9.31 Å². The number of hydrogen-bond donors (Lipinski definition) is 0. The van der Waals surface area contributed by atoms with Gasteiger partial charge in [-0.2, -0.15) is 10.4 Å². The first-order valence-corrected chi connectivity index (χ1v) is 7.61. The molecule has 2 aliphatic rings. The van der Waals surface area contributed by atoms with Gasteiger partial charge in [-0.15, -0.1) is 0 Å². The fourth-order valence-corrected chi connectivity index (χ4v) is 2.69. The Hall–Kier alpha value is -1.32. The van der Waals surface area contributed by atoms with Crippen LogP contribution >= 0.6 is 0 Å². The summed E-state index contributed by atoms with van der Waals surface area (Å²) in [6.45, 7) is 8.17. The number of aromatic nitrogens is 2. The highest BCUT2D eigenvalue weighted by Crippen LogP contribution is 2.41. The molecule has 0 aromatic carbocycles. The van der Waals surface area contributed by atoms with Crippen molar-refractivity contribution in [2.75, 3.05) is 0 Å². The number of rotatable bonds is 4. The number of nitrogens with zero attached hydrogens (tertiary/aromatic N) is 3. The van der Waals surface area contributed by atoms with Crippen molar-refractivity contribution in [3.05, 3.63) is 12.4 Å². The van der Waals surface area contributed by atoms with E-state index in [-0.39, 0.29) is 24.4 Å². The first-order chi connectivity index (χ1) is 9.84. The van der Waals surface area contributed by atoms with Gasteiger partial charge in [0.2, 0.25) is 0 Å². The Labute approximate surface area is 126 Å². The molecule has 0 N–H and O–H groups in total. The lowest BCUT2D eigenvalue weighted by molar-refractivity contribution is 0.00578. The SMILES string of the molecule is CC1(C)OB(c2cnn(C(CC#N)C3CC3)c2)OC1(C)C. The molecule has 112 valence electrons. The molecule has 21 heavy (non-hydrogen) atoms. The van der Waals surface area contributed by atoms with Crippen LogP contribution in [-0.4, -0.2) is 28.1 Å². The molecule has 1 atom stereocenters. The van der Waals surface area contributed by atoms with Crippen molar-refractivity contribution in [2.24, 2.45) is 5.92 Å². The molecule has 1 saturated carbocycles. The zero-order valence-electron chi connectivity index (χ0n) is 13.2. The average Bonchev–Trinajstić information content (AvgIpc) is 3.05. The molecule has 1 saturated heterocycles. The lowest BCUT2D eigenvalue weighted by Crippen LogP contribution is -2.41. The van der Waals surface area contributed by atoms with Crippen LogP contribution in [0.25, 0.3) is 0 Å². The summed E-state index contributed by atoms with van der Waals surface area (Å²) in [7, 11) is -0.384. The van der Waals surface area contributed by atoms with Crippen molar-refractivity contribution in [3.63, 3.8) is 0 Å². The van der Waals surface area contributed by atoms with Gasteiger partial charge in [-0.3, -0.25) is 4.68 Å². The molecule has 1 aliphatic heterocycles. The molecule has 2 fully saturated rings. The summed E-state index contributed by atoms with van der Waals surface area (Å²) in [5, 5.41) is 13.4. The van der Waals surface area contributed by atoms with Gasteiger partial charge in [0.15, 0.2) is 0 Å². The van der Waals surface area contributed by atoms with Crippen molar-refractivity contribution in [2.45, 2.75) is 64.2 Å². The van der Waals surface area contributed by atoms with Crippen LogP contribution in [0, 0.1) is 17.2 Å². The molecule has 0 radical (unpaired) electrons. The highest BCUT2D eigenvalue weighted by molar-refractivity contribution is 6.61. The maximum Gasteiger partial charge on any atom is 0.498 e. The Morgan fingerprint density at radius 2 is 2.00 bits per heavy atom. The zero-order chi connectivity index (χ0) is 15.3. The molecule has 2 heterocycles. The third kappa shape index (κ3) is 2.61. The minimum Gasteiger partial charge on any atom is -0.399 e. The molecule has 1 unspecified atom stereocenters. The maximum absolute atomic E-state index is 8.99. The monoisotopic (exact) mass is 287 g/mol. The Bertz CT molecular complexity index is 556. The highest BCUT2D eigenvalue weighted by Gasteiger charge is 2.52. The minimum atomic E-state index is -0.384. The van der Waals surface area contributed by atoms with Crippen LogP contribution < -0.4 is 5.46 Å². The number of hydrogen-bond acceptors (Lipinski definition) is 4. The second kappa shape index (κ2) is 4.86. The zero-order valence-corrected chi connectivity index (χ0v) is 13.2. The second-order valence-electron chi connectivity index (χ2n) is 7.11. The summed E-state index contributed by atoms with van der Waals surface area (Å²) in [5.41, 5.74) is 0.238. The molecule has 1 aliphatic carbocycles. The van der Waals surface area contributed by atoms with Gasteiger partial charge in [-0.05, 0) is 46.5 Å². The summed E-state index contributed by atoms with van der Waals surface area (Å²) < 4.78 is 14.0. The van der Waals surface area contributed by atoms with Crippen LogP contribution in [0.3, 0.4) is 0 Å². The van der Waals surface area contributed by atoms with Crippen molar-refractivity contribution in [1.82, 2.24) is 9.78 Å². The first kappa shape index (κ1) is 14.6. The Balaban J connectivity index is 1.78. The van der Waals surface area contributed by atoms with Crippen molar-refractivity contribution >= 4 is 12.6 Å². The third-order valence-corrected chi connectivity index (χ3v) is 4.95. The van der Waals surface area contributed by atoms with E-state index in [1.54, 1.807) is 6.20 Å². The molecule has 0 bridgehead atoms. The summed E-state index contributed by atoms with van der Waals surface area (Å²) in [6, 6.07) is 2.46. The van der Waals surface area contributed by atoms with Crippen LogP contribution in [0.4, 0.5) is 0 Å². The molecule has 1 aromatic heterocycles. The Morgan fingerprint density at radius 3 is 2.52 bits per heavy atom. The fraction of sp³-hybridized carbons (Fsp3) is 0.733. The lowest BCUT2D eigenvalue weighted by Gasteiger charge is -2.32. The van der Waals surface area contributed by atoms with Gasteiger partial charge in [-0.1, -0.05) is 0 Å². The molecule has 0 spiro atoms. The molecule has 6 heteroatoms. The van der Waals surface area contributed by atoms with Gasteiger partial charge in [-0.25, -0.2) is 0 Å². The standard InChI is InChI=1S/C15H22BN3O2/c1-14(2)15(3,4)21-16(20-14)12-9-18-19(10-12)13(7-8-17)11-5-6-11/h9-11,13H,5-7H2,1-4H3. The van der Waals surface area contributed by atoms with Crippen molar-refractivity contribution in [1.29, 1.82) is 5.26 Å². The van der Waals surface area contributed by atoms with Crippen molar-refractivity contribution in [3.8, 4) is 6.07 Å². The summed E-state index contributed by atoms with van der Waals surface area (Å²) in [4.78, 5) is 0. The van der Waals surface area contributed by atoms with E-state index < -0.39 is 0 Å². The summed E-state index contributed by atoms with van der Waals surface area (Å²) >= 11 is 0. The van der Waals surface area contributed by atoms with Gasteiger partial charge in [0.25, 0.3) is 0 Å². The average molecular weight is 287 g/mol. The molecule has 0 amide bonds.